The zero-order valence-corrected chi connectivity index (χ0v) is 9.04. The topological polar surface area (TPSA) is 26.0 Å². The smallest absolute Gasteiger partial charge is 0.0938 e. The number of rotatable bonds is 0. The molecule has 0 spiro atoms. The molecule has 0 radical (unpaired) electrons. The first-order chi connectivity index (χ1) is 5.70. The molecule has 0 fully saturated rings. The third-order valence-corrected chi connectivity index (χ3v) is 3.57. The predicted octanol–water partition coefficient (Wildman–Crippen LogP) is 2.57. The van der Waals surface area contributed by atoms with E-state index in [2.05, 4.69) is 46.9 Å². The van der Waals surface area contributed by atoms with Crippen molar-refractivity contribution in [3.05, 3.63) is 35.4 Å². The Balaban J connectivity index is 2.52. The number of halogens is 1. The van der Waals surface area contributed by atoms with Crippen molar-refractivity contribution in [3.63, 3.8) is 0 Å². The predicted molar refractivity (Wildman–Crippen MR) is 59.3 cm³/mol. The van der Waals surface area contributed by atoms with E-state index in [4.69, 9.17) is 5.73 Å². The Morgan fingerprint density at radius 3 is 2.83 bits per heavy atom. The SMILES string of the molecule is N[C@@]1(I)CCCc2ccccc21. The molecule has 0 aromatic heterocycles. The van der Waals surface area contributed by atoms with E-state index in [9.17, 15) is 0 Å². The van der Waals surface area contributed by atoms with E-state index in [1.165, 1.54) is 24.0 Å². The van der Waals surface area contributed by atoms with Gasteiger partial charge in [0.2, 0.25) is 0 Å². The van der Waals surface area contributed by atoms with Gasteiger partial charge in [0.05, 0.1) is 3.55 Å². The van der Waals surface area contributed by atoms with E-state index in [-0.39, 0.29) is 3.55 Å². The quantitative estimate of drug-likeness (QED) is 0.439. The van der Waals surface area contributed by atoms with Crippen LogP contribution in [-0.4, -0.2) is 0 Å². The largest absolute Gasteiger partial charge is 0.313 e. The molecule has 1 aliphatic carbocycles. The van der Waals surface area contributed by atoms with Gasteiger partial charge in [-0.25, -0.2) is 0 Å². The summed E-state index contributed by atoms with van der Waals surface area (Å²) >= 11 is 2.36. The highest BCUT2D eigenvalue weighted by Gasteiger charge is 2.28. The summed E-state index contributed by atoms with van der Waals surface area (Å²) in [6.07, 6.45) is 3.51. The van der Waals surface area contributed by atoms with Gasteiger partial charge in [0.1, 0.15) is 0 Å². The maximum absolute atomic E-state index is 6.18. The molecule has 2 rings (SSSR count). The minimum Gasteiger partial charge on any atom is -0.313 e. The molecular weight excluding hydrogens is 261 g/mol. The van der Waals surface area contributed by atoms with E-state index >= 15 is 0 Å². The van der Waals surface area contributed by atoms with Crippen molar-refractivity contribution in [3.8, 4) is 0 Å². The van der Waals surface area contributed by atoms with Crippen molar-refractivity contribution in [2.24, 2.45) is 5.73 Å². The Morgan fingerprint density at radius 2 is 2.08 bits per heavy atom. The molecule has 0 saturated heterocycles. The Hall–Kier alpha value is -0.0900. The fourth-order valence-electron chi connectivity index (χ4n) is 1.81. The minimum atomic E-state index is -0.118. The zero-order valence-electron chi connectivity index (χ0n) is 6.89. The molecule has 12 heavy (non-hydrogen) atoms. The standard InChI is InChI=1S/C10H12IN/c11-10(12)7-3-5-8-4-1-2-6-9(8)10/h1-2,4,6H,3,5,7,12H2/t10-/m0/s1. The fourth-order valence-corrected chi connectivity index (χ4v) is 2.72. The summed E-state index contributed by atoms with van der Waals surface area (Å²) in [5.41, 5.74) is 8.94. The maximum Gasteiger partial charge on any atom is 0.0938 e. The number of hydrogen-bond donors (Lipinski definition) is 1. The molecule has 0 heterocycles. The lowest BCUT2D eigenvalue weighted by Gasteiger charge is -2.30. The number of aryl methyl sites for hydroxylation is 1. The van der Waals surface area contributed by atoms with Crippen molar-refractivity contribution in [1.82, 2.24) is 0 Å². The highest BCUT2D eigenvalue weighted by atomic mass is 127. The molecule has 0 amide bonds. The summed E-state index contributed by atoms with van der Waals surface area (Å²) in [7, 11) is 0. The van der Waals surface area contributed by atoms with Gasteiger partial charge in [-0.2, -0.15) is 0 Å². The normalized spacial score (nSPS) is 28.2. The van der Waals surface area contributed by atoms with Crippen LogP contribution in [0.1, 0.15) is 24.0 Å². The highest BCUT2D eigenvalue weighted by molar-refractivity contribution is 14.1. The lowest BCUT2D eigenvalue weighted by Crippen LogP contribution is -2.33. The molecule has 1 aliphatic rings. The van der Waals surface area contributed by atoms with Gasteiger partial charge in [-0.05, 0) is 30.4 Å². The van der Waals surface area contributed by atoms with Gasteiger partial charge in [0, 0.05) is 0 Å². The molecule has 1 atom stereocenters. The van der Waals surface area contributed by atoms with Gasteiger partial charge in [0.15, 0.2) is 0 Å². The van der Waals surface area contributed by atoms with Gasteiger partial charge in [-0.3, -0.25) is 0 Å². The van der Waals surface area contributed by atoms with Gasteiger partial charge >= 0.3 is 0 Å². The molecule has 0 saturated carbocycles. The second-order valence-electron chi connectivity index (χ2n) is 3.37. The lowest BCUT2D eigenvalue weighted by atomic mass is 9.88. The maximum atomic E-state index is 6.18. The van der Waals surface area contributed by atoms with E-state index < -0.39 is 0 Å². The van der Waals surface area contributed by atoms with Crippen molar-refractivity contribution in [2.75, 3.05) is 0 Å². The van der Waals surface area contributed by atoms with Crippen LogP contribution in [0.25, 0.3) is 0 Å². The van der Waals surface area contributed by atoms with Gasteiger partial charge in [-0.15, -0.1) is 0 Å². The molecule has 0 unspecified atom stereocenters. The summed E-state index contributed by atoms with van der Waals surface area (Å²) < 4.78 is -0.118. The fraction of sp³-hybridized carbons (Fsp3) is 0.400. The molecular formula is C10H12IN. The second kappa shape index (κ2) is 3.00. The van der Waals surface area contributed by atoms with Gasteiger partial charge in [-0.1, -0.05) is 46.9 Å². The first-order valence-corrected chi connectivity index (χ1v) is 5.34. The number of hydrogen-bond acceptors (Lipinski definition) is 1. The number of benzene rings is 1. The van der Waals surface area contributed by atoms with Crippen molar-refractivity contribution in [1.29, 1.82) is 0 Å². The summed E-state index contributed by atoms with van der Waals surface area (Å²) in [5, 5.41) is 0. The highest BCUT2D eigenvalue weighted by Crippen LogP contribution is 2.37. The Labute approximate surface area is 86.5 Å². The van der Waals surface area contributed by atoms with Crippen LogP contribution in [0, 0.1) is 0 Å². The second-order valence-corrected chi connectivity index (χ2v) is 5.30. The minimum absolute atomic E-state index is 0.118. The van der Waals surface area contributed by atoms with E-state index in [1.54, 1.807) is 0 Å². The van der Waals surface area contributed by atoms with Crippen LogP contribution in [0.5, 0.6) is 0 Å². The van der Waals surface area contributed by atoms with Crippen molar-refractivity contribution >= 4 is 22.6 Å². The van der Waals surface area contributed by atoms with Crippen LogP contribution in [0.2, 0.25) is 0 Å². The molecule has 0 aliphatic heterocycles. The Morgan fingerprint density at radius 1 is 1.33 bits per heavy atom. The monoisotopic (exact) mass is 273 g/mol. The summed E-state index contributed by atoms with van der Waals surface area (Å²) in [6.45, 7) is 0. The summed E-state index contributed by atoms with van der Waals surface area (Å²) in [5.74, 6) is 0. The van der Waals surface area contributed by atoms with E-state index in [0.29, 0.717) is 0 Å². The summed E-state index contributed by atoms with van der Waals surface area (Å²) in [4.78, 5) is 0. The zero-order chi connectivity index (χ0) is 8.60. The van der Waals surface area contributed by atoms with Crippen LogP contribution in [0.4, 0.5) is 0 Å². The van der Waals surface area contributed by atoms with Crippen molar-refractivity contribution < 1.29 is 0 Å². The first kappa shape index (κ1) is 8.51. The van der Waals surface area contributed by atoms with Crippen LogP contribution in [0.3, 0.4) is 0 Å². The first-order valence-electron chi connectivity index (χ1n) is 4.26. The molecule has 1 nitrogen and oxygen atoms in total. The van der Waals surface area contributed by atoms with Crippen LogP contribution in [0.15, 0.2) is 24.3 Å². The van der Waals surface area contributed by atoms with E-state index in [0.717, 1.165) is 6.42 Å². The molecule has 2 heteroatoms. The van der Waals surface area contributed by atoms with Crippen molar-refractivity contribution in [2.45, 2.75) is 22.8 Å². The third-order valence-electron chi connectivity index (χ3n) is 2.45. The molecule has 0 bridgehead atoms. The third kappa shape index (κ3) is 1.38. The average Bonchev–Trinajstić information content (AvgIpc) is 2.04. The average molecular weight is 273 g/mol. The van der Waals surface area contributed by atoms with Crippen LogP contribution >= 0.6 is 22.6 Å². The molecule has 1 aromatic carbocycles. The number of nitrogens with two attached hydrogens (primary N) is 1. The lowest BCUT2D eigenvalue weighted by molar-refractivity contribution is 0.548. The van der Waals surface area contributed by atoms with Crippen LogP contribution < -0.4 is 5.73 Å². The number of fused-ring (bicyclic) bond motifs is 1. The summed E-state index contributed by atoms with van der Waals surface area (Å²) in [6, 6.07) is 8.51. The van der Waals surface area contributed by atoms with Gasteiger partial charge < -0.3 is 5.73 Å². The molecule has 64 valence electrons. The van der Waals surface area contributed by atoms with Crippen LogP contribution in [-0.2, 0) is 9.97 Å². The molecule has 1 aromatic rings. The molecule has 2 N–H and O–H groups in total. The van der Waals surface area contributed by atoms with Gasteiger partial charge in [0.25, 0.3) is 0 Å². The Kier molecular flexibility index (Phi) is 2.12. The van der Waals surface area contributed by atoms with E-state index in [1.807, 2.05) is 0 Å². The number of alkyl halides is 1. The Bertz CT molecular complexity index is 294.